The molecular weight excluding hydrogens is 558 g/mol. The molecular formula is C31H39N3O7S. The summed E-state index contributed by atoms with van der Waals surface area (Å²) in [6, 6.07) is 17.3. The van der Waals surface area contributed by atoms with Crippen LogP contribution in [0.3, 0.4) is 0 Å². The fourth-order valence-electron chi connectivity index (χ4n) is 4.29. The van der Waals surface area contributed by atoms with E-state index in [1.807, 2.05) is 19.9 Å². The van der Waals surface area contributed by atoms with Crippen molar-refractivity contribution in [2.75, 3.05) is 38.7 Å². The molecule has 0 spiro atoms. The van der Waals surface area contributed by atoms with E-state index in [0.29, 0.717) is 23.8 Å². The third-order valence-electron chi connectivity index (χ3n) is 6.75. The molecule has 3 aromatic rings. The molecule has 11 heteroatoms. The zero-order valence-electron chi connectivity index (χ0n) is 24.9. The van der Waals surface area contributed by atoms with E-state index in [9.17, 15) is 18.0 Å². The van der Waals surface area contributed by atoms with Crippen molar-refractivity contribution in [3.8, 4) is 17.2 Å². The zero-order chi connectivity index (χ0) is 30.9. The van der Waals surface area contributed by atoms with Gasteiger partial charge in [0.2, 0.25) is 11.8 Å². The Morgan fingerprint density at radius 1 is 0.905 bits per heavy atom. The van der Waals surface area contributed by atoms with Crippen LogP contribution in [0.2, 0.25) is 0 Å². The first-order valence-electron chi connectivity index (χ1n) is 13.6. The number of rotatable bonds is 14. The van der Waals surface area contributed by atoms with Crippen molar-refractivity contribution in [2.24, 2.45) is 0 Å². The van der Waals surface area contributed by atoms with Crippen LogP contribution in [0.15, 0.2) is 71.6 Å². The van der Waals surface area contributed by atoms with Gasteiger partial charge in [0.1, 0.15) is 18.3 Å². The summed E-state index contributed by atoms with van der Waals surface area (Å²) >= 11 is 0. The van der Waals surface area contributed by atoms with Crippen LogP contribution in [0.25, 0.3) is 0 Å². The van der Waals surface area contributed by atoms with E-state index in [0.717, 1.165) is 21.9 Å². The fourth-order valence-corrected chi connectivity index (χ4v) is 5.70. The van der Waals surface area contributed by atoms with Crippen LogP contribution in [-0.2, 0) is 26.2 Å². The van der Waals surface area contributed by atoms with E-state index >= 15 is 0 Å². The van der Waals surface area contributed by atoms with Gasteiger partial charge in [-0.3, -0.25) is 13.9 Å². The Bertz CT molecular complexity index is 1480. The second kappa shape index (κ2) is 14.6. The summed E-state index contributed by atoms with van der Waals surface area (Å²) in [6.45, 7) is 5.35. The van der Waals surface area contributed by atoms with Gasteiger partial charge in [0.15, 0.2) is 11.5 Å². The van der Waals surface area contributed by atoms with Crippen LogP contribution in [0.4, 0.5) is 5.69 Å². The van der Waals surface area contributed by atoms with Gasteiger partial charge in [0.25, 0.3) is 10.0 Å². The van der Waals surface area contributed by atoms with E-state index in [-0.39, 0.29) is 23.0 Å². The van der Waals surface area contributed by atoms with Crippen LogP contribution < -0.4 is 23.8 Å². The van der Waals surface area contributed by atoms with Crippen molar-refractivity contribution in [3.05, 3.63) is 77.9 Å². The Labute approximate surface area is 248 Å². The third-order valence-corrected chi connectivity index (χ3v) is 8.53. The topological polar surface area (TPSA) is 114 Å². The van der Waals surface area contributed by atoms with E-state index in [1.165, 1.54) is 37.3 Å². The molecule has 1 atom stereocenters. The van der Waals surface area contributed by atoms with E-state index in [1.54, 1.807) is 56.5 Å². The highest BCUT2D eigenvalue weighted by Gasteiger charge is 2.33. The normalized spacial score (nSPS) is 11.8. The van der Waals surface area contributed by atoms with Crippen molar-refractivity contribution in [3.63, 3.8) is 0 Å². The van der Waals surface area contributed by atoms with Crippen LogP contribution in [0.5, 0.6) is 17.2 Å². The highest BCUT2D eigenvalue weighted by molar-refractivity contribution is 7.92. The maximum atomic E-state index is 14.1. The minimum atomic E-state index is -4.22. The van der Waals surface area contributed by atoms with E-state index < -0.39 is 28.5 Å². The molecule has 226 valence electrons. The van der Waals surface area contributed by atoms with Gasteiger partial charge >= 0.3 is 0 Å². The summed E-state index contributed by atoms with van der Waals surface area (Å²) in [6.07, 6.45) is 0.726. The van der Waals surface area contributed by atoms with Gasteiger partial charge in [-0.1, -0.05) is 36.8 Å². The molecule has 2 amide bonds. The van der Waals surface area contributed by atoms with Gasteiger partial charge in [-0.25, -0.2) is 8.42 Å². The maximum Gasteiger partial charge on any atom is 0.264 e. The number of hydrogen-bond donors (Lipinski definition) is 1. The van der Waals surface area contributed by atoms with Gasteiger partial charge < -0.3 is 24.4 Å². The molecule has 0 aromatic heterocycles. The summed E-state index contributed by atoms with van der Waals surface area (Å²) in [5, 5.41) is 2.83. The summed E-state index contributed by atoms with van der Waals surface area (Å²) in [4.78, 5) is 28.5. The number of hydrogen-bond acceptors (Lipinski definition) is 7. The fraction of sp³-hybridized carbons (Fsp3) is 0.355. The number of nitrogens with one attached hydrogen (secondary N) is 1. The molecule has 1 unspecified atom stereocenters. The number of carbonyl (C=O) groups is 2. The van der Waals surface area contributed by atoms with Crippen LogP contribution in [0.1, 0.15) is 31.4 Å². The lowest BCUT2D eigenvalue weighted by Crippen LogP contribution is -2.51. The van der Waals surface area contributed by atoms with E-state index in [4.69, 9.17) is 14.2 Å². The quantitative estimate of drug-likeness (QED) is 0.297. The SMILES string of the molecule is CCCNC(=O)C(C)N(Cc1cccc(OC)c1)C(=O)CN(c1ccc(OC)c(OC)c1)S(=O)(=O)c1ccc(C)cc1. The number of aryl methyl sites for hydroxylation is 1. The summed E-state index contributed by atoms with van der Waals surface area (Å²) in [5.41, 5.74) is 1.81. The van der Waals surface area contributed by atoms with Gasteiger partial charge in [0.05, 0.1) is 31.9 Å². The van der Waals surface area contributed by atoms with Gasteiger partial charge in [-0.15, -0.1) is 0 Å². The van der Waals surface area contributed by atoms with Crippen molar-refractivity contribution >= 4 is 27.5 Å². The Morgan fingerprint density at radius 2 is 1.60 bits per heavy atom. The second-order valence-corrected chi connectivity index (χ2v) is 11.6. The number of ether oxygens (including phenoxy) is 3. The number of nitrogens with zero attached hydrogens (tertiary/aromatic N) is 2. The Hall–Kier alpha value is -4.25. The second-order valence-electron chi connectivity index (χ2n) is 9.70. The van der Waals surface area contributed by atoms with E-state index in [2.05, 4.69) is 5.32 Å². The smallest absolute Gasteiger partial charge is 0.264 e. The molecule has 42 heavy (non-hydrogen) atoms. The number of anilines is 1. The van der Waals surface area contributed by atoms with Gasteiger partial charge in [0, 0.05) is 19.2 Å². The van der Waals surface area contributed by atoms with Crippen molar-refractivity contribution in [1.82, 2.24) is 10.2 Å². The molecule has 3 aromatic carbocycles. The minimum Gasteiger partial charge on any atom is -0.497 e. The summed E-state index contributed by atoms with van der Waals surface area (Å²) in [7, 11) is 0.241. The average molecular weight is 598 g/mol. The van der Waals surface area contributed by atoms with Crippen LogP contribution in [-0.4, -0.2) is 65.6 Å². The Balaban J connectivity index is 2.08. The maximum absolute atomic E-state index is 14.1. The number of benzene rings is 3. The van der Waals surface area contributed by atoms with Crippen LogP contribution in [0, 0.1) is 6.92 Å². The number of sulfonamides is 1. The monoisotopic (exact) mass is 597 g/mol. The lowest BCUT2D eigenvalue weighted by Gasteiger charge is -2.32. The Morgan fingerprint density at radius 3 is 2.21 bits per heavy atom. The zero-order valence-corrected chi connectivity index (χ0v) is 25.7. The largest absolute Gasteiger partial charge is 0.497 e. The van der Waals surface area contributed by atoms with Crippen molar-refractivity contribution < 1.29 is 32.2 Å². The molecule has 0 aliphatic heterocycles. The van der Waals surface area contributed by atoms with Crippen molar-refractivity contribution in [1.29, 1.82) is 0 Å². The molecule has 0 aliphatic rings. The van der Waals surface area contributed by atoms with Gasteiger partial charge in [-0.05, 0) is 62.2 Å². The molecule has 0 saturated carbocycles. The molecule has 0 bridgehead atoms. The van der Waals surface area contributed by atoms with Gasteiger partial charge in [-0.2, -0.15) is 0 Å². The highest BCUT2D eigenvalue weighted by atomic mass is 32.2. The molecule has 0 fully saturated rings. The lowest BCUT2D eigenvalue weighted by molar-refractivity contribution is -0.139. The molecule has 10 nitrogen and oxygen atoms in total. The van der Waals surface area contributed by atoms with Crippen LogP contribution >= 0.6 is 0 Å². The lowest BCUT2D eigenvalue weighted by atomic mass is 10.1. The molecule has 0 heterocycles. The number of amides is 2. The highest BCUT2D eigenvalue weighted by Crippen LogP contribution is 2.34. The molecule has 1 N–H and O–H groups in total. The van der Waals surface area contributed by atoms with Crippen molar-refractivity contribution in [2.45, 2.75) is 44.7 Å². The first-order chi connectivity index (χ1) is 20.0. The third kappa shape index (κ3) is 7.73. The summed E-state index contributed by atoms with van der Waals surface area (Å²) < 4.78 is 45.2. The standard InChI is InChI=1S/C31H39N3O7S/c1-7-17-32-31(36)23(3)33(20-24-9-8-10-26(18-24)39-4)30(35)21-34(25-13-16-28(40-5)29(19-25)41-6)42(37,38)27-14-11-22(2)12-15-27/h8-16,18-19,23H,7,17,20-21H2,1-6H3,(H,32,36). The molecule has 3 rings (SSSR count). The first-order valence-corrected chi connectivity index (χ1v) is 15.0. The molecule has 0 aliphatic carbocycles. The predicted octanol–water partition coefficient (Wildman–Crippen LogP) is 4.16. The number of methoxy groups -OCH3 is 3. The average Bonchev–Trinajstić information content (AvgIpc) is 3.00. The molecule has 0 saturated heterocycles. The first kappa shape index (κ1) is 32.3. The number of carbonyl (C=O) groups excluding carboxylic acids is 2. The minimum absolute atomic E-state index is 0.0174. The summed E-state index contributed by atoms with van der Waals surface area (Å²) in [5.74, 6) is 0.389. The predicted molar refractivity (Wildman–Crippen MR) is 162 cm³/mol. The Kier molecular flexibility index (Phi) is 11.2. The molecule has 0 radical (unpaired) electrons.